The second kappa shape index (κ2) is 5.98. The number of para-hydroxylation sites is 2. The van der Waals surface area contributed by atoms with Gasteiger partial charge < -0.3 is 15.1 Å². The van der Waals surface area contributed by atoms with E-state index in [1.165, 1.54) is 0 Å². The fraction of sp³-hybridized carbons (Fsp3) is 0.0500. The Bertz CT molecular complexity index is 1050. The quantitative estimate of drug-likeness (QED) is 0.461. The second-order valence-corrected chi connectivity index (χ2v) is 6.11. The Hall–Kier alpha value is -2.85. The SMILES string of the molecule is Cc1ccccc1NC(=S)Nc1ccc2c(c1)oc1ccccc12. The van der Waals surface area contributed by atoms with Crippen LogP contribution >= 0.6 is 12.2 Å². The van der Waals surface area contributed by atoms with Gasteiger partial charge in [-0.15, -0.1) is 0 Å². The van der Waals surface area contributed by atoms with Gasteiger partial charge in [-0.3, -0.25) is 0 Å². The zero-order valence-electron chi connectivity index (χ0n) is 13.2. The first-order valence-corrected chi connectivity index (χ1v) is 8.16. The van der Waals surface area contributed by atoms with Crippen molar-refractivity contribution in [1.82, 2.24) is 0 Å². The number of benzene rings is 3. The van der Waals surface area contributed by atoms with Crippen molar-refractivity contribution >= 4 is 50.6 Å². The van der Waals surface area contributed by atoms with E-state index in [2.05, 4.69) is 22.8 Å². The van der Waals surface area contributed by atoms with Gasteiger partial charge in [-0.2, -0.15) is 0 Å². The van der Waals surface area contributed by atoms with E-state index in [1.54, 1.807) is 0 Å². The lowest BCUT2D eigenvalue weighted by Gasteiger charge is -2.12. The van der Waals surface area contributed by atoms with E-state index in [9.17, 15) is 0 Å². The number of thiocarbonyl (C=S) groups is 1. The average molecular weight is 332 g/mol. The molecule has 0 aliphatic carbocycles. The topological polar surface area (TPSA) is 37.2 Å². The van der Waals surface area contributed by atoms with Gasteiger partial charge >= 0.3 is 0 Å². The Balaban J connectivity index is 1.59. The molecule has 4 aromatic rings. The minimum Gasteiger partial charge on any atom is -0.456 e. The highest BCUT2D eigenvalue weighted by Gasteiger charge is 2.08. The summed E-state index contributed by atoms with van der Waals surface area (Å²) < 4.78 is 5.91. The molecule has 0 spiro atoms. The highest BCUT2D eigenvalue weighted by atomic mass is 32.1. The number of anilines is 2. The summed E-state index contributed by atoms with van der Waals surface area (Å²) in [4.78, 5) is 0. The van der Waals surface area contributed by atoms with Gasteiger partial charge in [0, 0.05) is 28.2 Å². The van der Waals surface area contributed by atoms with Crippen LogP contribution in [0.25, 0.3) is 21.9 Å². The van der Waals surface area contributed by atoms with Crippen molar-refractivity contribution in [2.75, 3.05) is 10.6 Å². The lowest BCUT2D eigenvalue weighted by Crippen LogP contribution is -2.19. The van der Waals surface area contributed by atoms with Crippen molar-refractivity contribution in [1.29, 1.82) is 0 Å². The summed E-state index contributed by atoms with van der Waals surface area (Å²) in [6, 6.07) is 22.1. The van der Waals surface area contributed by atoms with Crippen LogP contribution in [-0.2, 0) is 0 Å². The zero-order valence-corrected chi connectivity index (χ0v) is 14.0. The Morgan fingerprint density at radius 3 is 2.46 bits per heavy atom. The van der Waals surface area contributed by atoms with Gasteiger partial charge in [0.05, 0.1) is 0 Å². The maximum absolute atomic E-state index is 5.91. The first-order valence-electron chi connectivity index (χ1n) is 7.76. The molecule has 0 saturated heterocycles. The molecule has 24 heavy (non-hydrogen) atoms. The maximum Gasteiger partial charge on any atom is 0.175 e. The molecular weight excluding hydrogens is 316 g/mol. The lowest BCUT2D eigenvalue weighted by molar-refractivity contribution is 0.669. The molecule has 4 rings (SSSR count). The Morgan fingerprint density at radius 1 is 0.833 bits per heavy atom. The van der Waals surface area contributed by atoms with Crippen molar-refractivity contribution in [3.63, 3.8) is 0 Å². The fourth-order valence-corrected chi connectivity index (χ4v) is 3.03. The van der Waals surface area contributed by atoms with Gasteiger partial charge in [0.25, 0.3) is 0 Å². The summed E-state index contributed by atoms with van der Waals surface area (Å²) >= 11 is 5.41. The third-order valence-corrected chi connectivity index (χ3v) is 4.23. The lowest BCUT2D eigenvalue weighted by atomic mass is 10.1. The third kappa shape index (κ3) is 2.72. The third-order valence-electron chi connectivity index (χ3n) is 4.03. The highest BCUT2D eigenvalue weighted by molar-refractivity contribution is 7.80. The molecule has 2 N–H and O–H groups in total. The van der Waals surface area contributed by atoms with E-state index in [0.29, 0.717) is 5.11 Å². The molecule has 1 aromatic heterocycles. The standard InChI is InChI=1S/C20H16N2OS/c1-13-6-2-4-8-17(13)22-20(24)21-14-10-11-16-15-7-3-5-9-18(15)23-19(16)12-14/h2-12H,1H3,(H2,21,22,24). The summed E-state index contributed by atoms with van der Waals surface area (Å²) in [6.07, 6.45) is 0. The molecule has 0 saturated carbocycles. The van der Waals surface area contributed by atoms with Crippen LogP contribution in [0.3, 0.4) is 0 Å². The second-order valence-electron chi connectivity index (χ2n) is 5.70. The van der Waals surface area contributed by atoms with E-state index in [4.69, 9.17) is 16.6 Å². The number of aryl methyl sites for hydroxylation is 1. The Morgan fingerprint density at radius 2 is 1.58 bits per heavy atom. The van der Waals surface area contributed by atoms with Crippen molar-refractivity contribution in [2.45, 2.75) is 6.92 Å². The van der Waals surface area contributed by atoms with Crippen molar-refractivity contribution in [3.05, 3.63) is 72.3 Å². The van der Waals surface area contributed by atoms with Crippen LogP contribution in [0, 0.1) is 6.92 Å². The van der Waals surface area contributed by atoms with Crippen molar-refractivity contribution < 1.29 is 4.42 Å². The van der Waals surface area contributed by atoms with Crippen LogP contribution in [0.2, 0.25) is 0 Å². The number of nitrogens with one attached hydrogen (secondary N) is 2. The number of hydrogen-bond acceptors (Lipinski definition) is 2. The molecule has 3 aromatic carbocycles. The van der Waals surface area contributed by atoms with Crippen LogP contribution in [0.4, 0.5) is 11.4 Å². The van der Waals surface area contributed by atoms with Gasteiger partial charge in [-0.1, -0.05) is 36.4 Å². The predicted molar refractivity (Wildman–Crippen MR) is 105 cm³/mol. The molecule has 0 bridgehead atoms. The normalized spacial score (nSPS) is 10.9. The van der Waals surface area contributed by atoms with E-state index >= 15 is 0 Å². The zero-order chi connectivity index (χ0) is 16.5. The van der Waals surface area contributed by atoms with Gasteiger partial charge in [-0.25, -0.2) is 0 Å². The van der Waals surface area contributed by atoms with E-state index in [-0.39, 0.29) is 0 Å². The van der Waals surface area contributed by atoms with Gasteiger partial charge in [0.1, 0.15) is 11.2 Å². The summed E-state index contributed by atoms with van der Waals surface area (Å²) in [5.74, 6) is 0. The van der Waals surface area contributed by atoms with E-state index in [0.717, 1.165) is 38.9 Å². The number of fused-ring (bicyclic) bond motifs is 3. The van der Waals surface area contributed by atoms with Crippen LogP contribution in [-0.4, -0.2) is 5.11 Å². The van der Waals surface area contributed by atoms with Crippen LogP contribution in [0.5, 0.6) is 0 Å². The Labute approximate surface area is 145 Å². The van der Waals surface area contributed by atoms with Gasteiger partial charge in [0.15, 0.2) is 5.11 Å². The predicted octanol–water partition coefficient (Wildman–Crippen LogP) is 5.70. The molecule has 0 unspecified atom stereocenters. The maximum atomic E-state index is 5.91. The molecule has 0 aliphatic heterocycles. The van der Waals surface area contributed by atoms with Crippen LogP contribution < -0.4 is 10.6 Å². The monoisotopic (exact) mass is 332 g/mol. The van der Waals surface area contributed by atoms with E-state index in [1.807, 2.05) is 61.5 Å². The van der Waals surface area contributed by atoms with Crippen molar-refractivity contribution in [3.8, 4) is 0 Å². The summed E-state index contributed by atoms with van der Waals surface area (Å²) in [7, 11) is 0. The first kappa shape index (κ1) is 14.7. The summed E-state index contributed by atoms with van der Waals surface area (Å²) in [5.41, 5.74) is 4.78. The molecule has 3 nitrogen and oxygen atoms in total. The first-order chi connectivity index (χ1) is 11.7. The summed E-state index contributed by atoms with van der Waals surface area (Å²) in [6.45, 7) is 2.05. The minimum atomic E-state index is 0.555. The molecule has 1 heterocycles. The molecule has 0 atom stereocenters. The van der Waals surface area contributed by atoms with Gasteiger partial charge in [-0.05, 0) is 49.0 Å². The molecule has 0 amide bonds. The summed E-state index contributed by atoms with van der Waals surface area (Å²) in [5, 5.41) is 9.22. The highest BCUT2D eigenvalue weighted by Crippen LogP contribution is 2.30. The molecular formula is C20H16N2OS. The number of rotatable bonds is 2. The molecule has 0 radical (unpaired) electrons. The molecule has 0 aliphatic rings. The number of hydrogen-bond donors (Lipinski definition) is 2. The van der Waals surface area contributed by atoms with E-state index < -0.39 is 0 Å². The van der Waals surface area contributed by atoms with Crippen molar-refractivity contribution in [2.24, 2.45) is 0 Å². The largest absolute Gasteiger partial charge is 0.456 e. The van der Waals surface area contributed by atoms with Crippen LogP contribution in [0.15, 0.2) is 71.1 Å². The fourth-order valence-electron chi connectivity index (χ4n) is 2.80. The Kier molecular flexibility index (Phi) is 3.67. The molecule has 118 valence electrons. The molecule has 0 fully saturated rings. The van der Waals surface area contributed by atoms with Crippen LogP contribution in [0.1, 0.15) is 5.56 Å². The smallest absolute Gasteiger partial charge is 0.175 e. The van der Waals surface area contributed by atoms with Gasteiger partial charge in [0.2, 0.25) is 0 Å². The molecule has 4 heteroatoms. The average Bonchev–Trinajstić information content (AvgIpc) is 2.94. The minimum absolute atomic E-state index is 0.555. The number of furan rings is 1.